The molecule has 0 bridgehead atoms. The Labute approximate surface area is 120 Å². The van der Waals surface area contributed by atoms with Crippen LogP contribution in [0.15, 0.2) is 24.4 Å². The average molecular weight is 292 g/mol. The summed E-state index contributed by atoms with van der Waals surface area (Å²) in [6.45, 7) is 2.39. The van der Waals surface area contributed by atoms with Crippen molar-refractivity contribution in [3.63, 3.8) is 0 Å². The van der Waals surface area contributed by atoms with Crippen LogP contribution in [-0.2, 0) is 0 Å². The normalized spacial score (nSPS) is 10.2. The van der Waals surface area contributed by atoms with Crippen LogP contribution in [0.3, 0.4) is 0 Å². The Morgan fingerprint density at radius 1 is 1.48 bits per heavy atom. The first-order valence-electron chi connectivity index (χ1n) is 6.16. The number of benzene rings is 1. The number of hydrogen-bond donors (Lipinski definition) is 1. The number of nitrogens with one attached hydrogen (secondary N) is 1. The highest BCUT2D eigenvalue weighted by Crippen LogP contribution is 2.35. The highest BCUT2D eigenvalue weighted by Gasteiger charge is 2.22. The minimum Gasteiger partial charge on any atom is -0.496 e. The molecule has 7 nitrogen and oxygen atoms in total. The van der Waals surface area contributed by atoms with Gasteiger partial charge in [0, 0.05) is 6.54 Å². The van der Waals surface area contributed by atoms with Crippen molar-refractivity contribution in [3.8, 4) is 17.0 Å². The van der Waals surface area contributed by atoms with Gasteiger partial charge in [-0.05, 0) is 25.1 Å². The second kappa shape index (κ2) is 6.12. The van der Waals surface area contributed by atoms with E-state index >= 15 is 0 Å². The number of ether oxygens (including phenoxy) is 1. The maximum absolute atomic E-state index is 13.5. The molecule has 0 saturated heterocycles. The maximum Gasteiger partial charge on any atom is 0.313 e. The molecule has 0 spiro atoms. The molecule has 110 valence electrons. The molecular formula is C13H13FN4O3. The van der Waals surface area contributed by atoms with E-state index in [1.807, 2.05) is 6.92 Å². The predicted molar refractivity (Wildman–Crippen MR) is 74.8 cm³/mol. The van der Waals surface area contributed by atoms with E-state index in [0.29, 0.717) is 12.3 Å². The van der Waals surface area contributed by atoms with Crippen molar-refractivity contribution < 1.29 is 14.1 Å². The molecule has 0 amide bonds. The second-order valence-electron chi connectivity index (χ2n) is 4.06. The minimum absolute atomic E-state index is 0.00213. The molecule has 1 aromatic carbocycles. The van der Waals surface area contributed by atoms with Crippen LogP contribution in [0, 0.1) is 15.9 Å². The molecule has 0 unspecified atom stereocenters. The summed E-state index contributed by atoms with van der Waals surface area (Å²) in [4.78, 5) is 18.5. The lowest BCUT2D eigenvalue weighted by atomic mass is 10.1. The summed E-state index contributed by atoms with van der Waals surface area (Å²) in [5, 5.41) is 14.0. The summed E-state index contributed by atoms with van der Waals surface area (Å²) in [6.07, 6.45) is 1.09. The third-order valence-electron chi connectivity index (χ3n) is 2.72. The van der Waals surface area contributed by atoms with E-state index in [-0.39, 0.29) is 22.9 Å². The quantitative estimate of drug-likeness (QED) is 0.673. The summed E-state index contributed by atoms with van der Waals surface area (Å²) in [6, 6.07) is 3.74. The third-order valence-corrected chi connectivity index (χ3v) is 2.72. The number of halogens is 1. The summed E-state index contributed by atoms with van der Waals surface area (Å²) in [7, 11) is 1.40. The number of aromatic nitrogens is 2. The van der Waals surface area contributed by atoms with E-state index < -0.39 is 10.7 Å². The number of anilines is 1. The Morgan fingerprint density at radius 3 is 2.86 bits per heavy atom. The monoisotopic (exact) mass is 292 g/mol. The second-order valence-corrected chi connectivity index (χ2v) is 4.06. The Balaban J connectivity index is 2.67. The molecule has 0 fully saturated rings. The lowest BCUT2D eigenvalue weighted by Gasteiger charge is -2.09. The first-order valence-corrected chi connectivity index (χ1v) is 6.16. The lowest BCUT2D eigenvalue weighted by molar-refractivity contribution is -0.384. The highest BCUT2D eigenvalue weighted by molar-refractivity contribution is 5.75. The minimum atomic E-state index is -0.616. The fraction of sp³-hybridized carbons (Fsp3) is 0.231. The average Bonchev–Trinajstić information content (AvgIpc) is 2.47. The van der Waals surface area contributed by atoms with Gasteiger partial charge >= 0.3 is 5.69 Å². The molecule has 1 N–H and O–H groups in total. The predicted octanol–water partition coefficient (Wildman–Crippen LogP) is 2.63. The maximum atomic E-state index is 13.5. The van der Waals surface area contributed by atoms with Crippen molar-refractivity contribution in [2.45, 2.75) is 6.92 Å². The topological polar surface area (TPSA) is 90.2 Å². The zero-order valence-electron chi connectivity index (χ0n) is 11.5. The van der Waals surface area contributed by atoms with Crippen LogP contribution in [0.1, 0.15) is 6.92 Å². The van der Waals surface area contributed by atoms with Gasteiger partial charge in [0.2, 0.25) is 5.95 Å². The molecular weight excluding hydrogens is 279 g/mol. The van der Waals surface area contributed by atoms with Gasteiger partial charge in [0.15, 0.2) is 5.69 Å². The number of rotatable bonds is 5. The number of nitrogens with zero attached hydrogens (tertiary/aromatic N) is 3. The Morgan fingerprint density at radius 2 is 2.24 bits per heavy atom. The van der Waals surface area contributed by atoms with Crippen LogP contribution >= 0.6 is 0 Å². The van der Waals surface area contributed by atoms with Crippen molar-refractivity contribution in [1.82, 2.24) is 9.97 Å². The Bertz CT molecular complexity index is 678. The van der Waals surface area contributed by atoms with Crippen LogP contribution in [0.5, 0.6) is 5.75 Å². The van der Waals surface area contributed by atoms with Gasteiger partial charge in [-0.25, -0.2) is 14.4 Å². The zero-order valence-corrected chi connectivity index (χ0v) is 11.5. The fourth-order valence-corrected chi connectivity index (χ4v) is 1.82. The van der Waals surface area contributed by atoms with E-state index in [1.165, 1.54) is 19.2 Å². The van der Waals surface area contributed by atoms with E-state index in [4.69, 9.17) is 4.74 Å². The van der Waals surface area contributed by atoms with Gasteiger partial charge in [-0.1, -0.05) is 0 Å². The molecule has 21 heavy (non-hydrogen) atoms. The van der Waals surface area contributed by atoms with Gasteiger partial charge in [-0.2, -0.15) is 0 Å². The standard InChI is InChI=1S/C13H13FN4O3/c1-3-15-13-16-7-10(18(19)20)12(17-13)9-6-8(14)4-5-11(9)21-2/h4-7H,3H2,1-2H3,(H,15,16,17). The smallest absolute Gasteiger partial charge is 0.313 e. The first kappa shape index (κ1) is 14.6. The fourth-order valence-electron chi connectivity index (χ4n) is 1.82. The van der Waals surface area contributed by atoms with Crippen LogP contribution in [-0.4, -0.2) is 28.5 Å². The van der Waals surface area contributed by atoms with Crippen molar-refractivity contribution in [3.05, 3.63) is 40.3 Å². The van der Waals surface area contributed by atoms with Crippen LogP contribution in [0.2, 0.25) is 0 Å². The molecule has 0 saturated carbocycles. The molecule has 0 aliphatic rings. The van der Waals surface area contributed by atoms with Gasteiger partial charge in [-0.3, -0.25) is 10.1 Å². The lowest BCUT2D eigenvalue weighted by Crippen LogP contribution is -2.05. The molecule has 0 atom stereocenters. The zero-order chi connectivity index (χ0) is 15.4. The Kier molecular flexibility index (Phi) is 4.27. The van der Waals surface area contributed by atoms with Crippen molar-refractivity contribution >= 4 is 11.6 Å². The van der Waals surface area contributed by atoms with Crippen LogP contribution < -0.4 is 10.1 Å². The summed E-state index contributed by atoms with van der Waals surface area (Å²) < 4.78 is 18.6. The molecule has 8 heteroatoms. The van der Waals surface area contributed by atoms with E-state index in [1.54, 1.807) is 0 Å². The summed E-state index contributed by atoms with van der Waals surface area (Å²) in [5.41, 5.74) is -0.117. The molecule has 0 radical (unpaired) electrons. The molecule has 2 rings (SSSR count). The molecule has 1 aromatic heterocycles. The first-order chi connectivity index (χ1) is 10.1. The highest BCUT2D eigenvalue weighted by atomic mass is 19.1. The molecule has 0 aliphatic carbocycles. The number of hydrogen-bond acceptors (Lipinski definition) is 6. The van der Waals surface area contributed by atoms with E-state index in [9.17, 15) is 14.5 Å². The van der Waals surface area contributed by atoms with Gasteiger partial charge in [0.1, 0.15) is 17.8 Å². The summed E-state index contributed by atoms with van der Waals surface area (Å²) >= 11 is 0. The SMILES string of the molecule is CCNc1ncc([N+](=O)[O-])c(-c2cc(F)ccc2OC)n1. The third kappa shape index (κ3) is 3.04. The Hall–Kier alpha value is -2.77. The molecule has 0 aliphatic heterocycles. The van der Waals surface area contributed by atoms with Gasteiger partial charge < -0.3 is 10.1 Å². The van der Waals surface area contributed by atoms with Crippen molar-refractivity contribution in [1.29, 1.82) is 0 Å². The number of methoxy groups -OCH3 is 1. The van der Waals surface area contributed by atoms with Crippen molar-refractivity contribution in [2.75, 3.05) is 19.0 Å². The van der Waals surface area contributed by atoms with E-state index in [0.717, 1.165) is 12.3 Å². The molecule has 2 aromatic rings. The summed E-state index contributed by atoms with van der Waals surface area (Å²) in [5.74, 6) is -0.0197. The van der Waals surface area contributed by atoms with Crippen LogP contribution in [0.25, 0.3) is 11.3 Å². The number of nitro groups is 1. The largest absolute Gasteiger partial charge is 0.496 e. The van der Waals surface area contributed by atoms with Gasteiger partial charge in [-0.15, -0.1) is 0 Å². The van der Waals surface area contributed by atoms with E-state index in [2.05, 4.69) is 15.3 Å². The van der Waals surface area contributed by atoms with Gasteiger partial charge in [0.25, 0.3) is 0 Å². The van der Waals surface area contributed by atoms with Crippen LogP contribution in [0.4, 0.5) is 16.0 Å². The van der Waals surface area contributed by atoms with Crippen molar-refractivity contribution in [2.24, 2.45) is 0 Å². The van der Waals surface area contributed by atoms with Gasteiger partial charge in [0.05, 0.1) is 17.6 Å². The molecule has 1 heterocycles.